The average Bonchev–Trinajstić information content (AvgIpc) is 3.09. The summed E-state index contributed by atoms with van der Waals surface area (Å²) in [5.41, 5.74) is 6.59. The van der Waals surface area contributed by atoms with E-state index in [1.807, 2.05) is 13.0 Å². The van der Waals surface area contributed by atoms with Crippen LogP contribution in [0.25, 0.3) is 0 Å². The van der Waals surface area contributed by atoms with Gasteiger partial charge in [-0.3, -0.25) is 4.79 Å². The quantitative estimate of drug-likeness (QED) is 0.753. The number of carbonyl (C=O) groups excluding carboxylic acids is 1. The number of amides is 1. The summed E-state index contributed by atoms with van der Waals surface area (Å²) in [7, 11) is 0. The number of aliphatic hydroxyl groups is 1. The Labute approximate surface area is 133 Å². The molecular formula is C15H19N5O3. The van der Waals surface area contributed by atoms with E-state index in [0.29, 0.717) is 41.6 Å². The van der Waals surface area contributed by atoms with Crippen molar-refractivity contribution in [2.75, 3.05) is 11.9 Å². The number of aliphatic hydroxyl groups excluding tert-OH is 1. The summed E-state index contributed by atoms with van der Waals surface area (Å²) in [4.78, 5) is 16.3. The summed E-state index contributed by atoms with van der Waals surface area (Å²) < 4.78 is 7.31. The molecule has 1 amide bonds. The zero-order valence-corrected chi connectivity index (χ0v) is 13.0. The van der Waals surface area contributed by atoms with Crippen LogP contribution in [-0.2, 0) is 11.2 Å². The normalized spacial score (nSPS) is 17.1. The van der Waals surface area contributed by atoms with Crippen LogP contribution in [-0.4, -0.2) is 32.4 Å². The molecule has 1 atom stereocenters. The highest BCUT2D eigenvalue weighted by molar-refractivity contribution is 5.95. The minimum atomic E-state index is -0.548. The fraction of sp³-hybridized carbons (Fsp3) is 0.400. The molecule has 23 heavy (non-hydrogen) atoms. The number of aromatic nitrogens is 3. The van der Waals surface area contributed by atoms with E-state index in [1.54, 1.807) is 17.7 Å². The maximum Gasteiger partial charge on any atom is 0.249 e. The molecule has 2 aromatic rings. The van der Waals surface area contributed by atoms with Gasteiger partial charge in [-0.05, 0) is 32.4 Å². The SMILES string of the molecule is CC1=C(C(N)=O)[C@H](c2ccc(C)o2)n2nc(CCCO)nc2N1. The number of nitrogens with zero attached hydrogens (tertiary/aromatic N) is 3. The molecule has 8 heteroatoms. The summed E-state index contributed by atoms with van der Waals surface area (Å²) >= 11 is 0. The van der Waals surface area contributed by atoms with E-state index in [1.165, 1.54) is 0 Å². The number of rotatable bonds is 5. The standard InChI is InChI=1S/C15H19N5O3/c1-8-5-6-10(23-8)13-12(14(16)22)9(2)17-15-18-11(4-3-7-21)19-20(13)15/h5-6,13,21H,3-4,7H2,1-2H3,(H2,16,22)(H,17,18,19)/t13-/m0/s1. The number of hydrogen-bond acceptors (Lipinski definition) is 6. The van der Waals surface area contributed by atoms with Crippen LogP contribution < -0.4 is 11.1 Å². The molecule has 0 aromatic carbocycles. The third-order valence-corrected chi connectivity index (χ3v) is 3.75. The van der Waals surface area contributed by atoms with Crippen molar-refractivity contribution in [3.8, 4) is 0 Å². The number of carbonyl (C=O) groups is 1. The number of allylic oxidation sites excluding steroid dienone is 1. The lowest BCUT2D eigenvalue weighted by atomic mass is 10.0. The first kappa shape index (κ1) is 15.3. The lowest BCUT2D eigenvalue weighted by molar-refractivity contribution is -0.115. The molecule has 0 unspecified atom stereocenters. The smallest absolute Gasteiger partial charge is 0.249 e. The minimum absolute atomic E-state index is 0.0714. The molecule has 0 aliphatic carbocycles. The molecule has 8 nitrogen and oxygen atoms in total. The first-order valence-corrected chi connectivity index (χ1v) is 7.41. The molecule has 3 heterocycles. The Kier molecular flexibility index (Phi) is 3.91. The number of primary amides is 1. The molecule has 2 aromatic heterocycles. The van der Waals surface area contributed by atoms with E-state index < -0.39 is 11.9 Å². The van der Waals surface area contributed by atoms with Gasteiger partial charge < -0.3 is 20.6 Å². The van der Waals surface area contributed by atoms with E-state index >= 15 is 0 Å². The van der Waals surface area contributed by atoms with Gasteiger partial charge in [-0.25, -0.2) is 4.68 Å². The van der Waals surface area contributed by atoms with Crippen molar-refractivity contribution in [3.05, 3.63) is 40.7 Å². The molecular weight excluding hydrogens is 298 g/mol. The molecule has 0 saturated carbocycles. The zero-order chi connectivity index (χ0) is 16.6. The Morgan fingerprint density at radius 3 is 2.87 bits per heavy atom. The van der Waals surface area contributed by atoms with Crippen LogP contribution in [0.15, 0.2) is 27.8 Å². The van der Waals surface area contributed by atoms with Gasteiger partial charge >= 0.3 is 0 Å². The first-order chi connectivity index (χ1) is 11.0. The number of furan rings is 1. The first-order valence-electron chi connectivity index (χ1n) is 7.41. The maximum absolute atomic E-state index is 11.9. The van der Waals surface area contributed by atoms with Crippen molar-refractivity contribution in [1.82, 2.24) is 14.8 Å². The molecule has 0 bridgehead atoms. The minimum Gasteiger partial charge on any atom is -0.464 e. The summed E-state index contributed by atoms with van der Waals surface area (Å²) in [5, 5.41) is 16.5. The predicted octanol–water partition coefficient (Wildman–Crippen LogP) is 0.879. The molecule has 3 rings (SSSR count). The van der Waals surface area contributed by atoms with Crippen LogP contribution in [0.4, 0.5) is 5.95 Å². The van der Waals surface area contributed by atoms with Crippen molar-refractivity contribution in [2.45, 2.75) is 32.7 Å². The van der Waals surface area contributed by atoms with Crippen LogP contribution in [0.2, 0.25) is 0 Å². The molecule has 0 spiro atoms. The fourth-order valence-corrected chi connectivity index (χ4v) is 2.72. The van der Waals surface area contributed by atoms with Crippen LogP contribution in [0.3, 0.4) is 0 Å². The molecule has 4 N–H and O–H groups in total. The number of aryl methyl sites for hydroxylation is 2. The molecule has 0 radical (unpaired) electrons. The monoisotopic (exact) mass is 317 g/mol. The van der Waals surface area contributed by atoms with E-state index in [4.69, 9.17) is 15.3 Å². The predicted molar refractivity (Wildman–Crippen MR) is 82.5 cm³/mol. The van der Waals surface area contributed by atoms with Crippen LogP contribution in [0.1, 0.15) is 36.7 Å². The lowest BCUT2D eigenvalue weighted by Crippen LogP contribution is -2.31. The van der Waals surface area contributed by atoms with Gasteiger partial charge in [0, 0.05) is 18.7 Å². The highest BCUT2D eigenvalue weighted by atomic mass is 16.3. The summed E-state index contributed by atoms with van der Waals surface area (Å²) in [6, 6.07) is 3.09. The Hall–Kier alpha value is -2.61. The number of nitrogens with one attached hydrogen (secondary N) is 1. The molecule has 122 valence electrons. The van der Waals surface area contributed by atoms with Gasteiger partial charge in [0.25, 0.3) is 0 Å². The summed E-state index contributed by atoms with van der Waals surface area (Å²) in [5.74, 6) is 1.90. The van der Waals surface area contributed by atoms with E-state index in [0.717, 1.165) is 5.76 Å². The summed E-state index contributed by atoms with van der Waals surface area (Å²) in [6.45, 7) is 3.68. The van der Waals surface area contributed by atoms with Gasteiger partial charge in [0.15, 0.2) is 5.82 Å². The van der Waals surface area contributed by atoms with Crippen molar-refractivity contribution in [1.29, 1.82) is 0 Å². The van der Waals surface area contributed by atoms with Crippen molar-refractivity contribution in [3.63, 3.8) is 0 Å². The molecule has 0 saturated heterocycles. The second kappa shape index (κ2) is 5.88. The van der Waals surface area contributed by atoms with Crippen molar-refractivity contribution >= 4 is 11.9 Å². The molecule has 0 fully saturated rings. The highest BCUT2D eigenvalue weighted by Gasteiger charge is 2.35. The van der Waals surface area contributed by atoms with E-state index in [2.05, 4.69) is 15.4 Å². The Morgan fingerprint density at radius 2 is 2.26 bits per heavy atom. The third-order valence-electron chi connectivity index (χ3n) is 3.75. The van der Waals surface area contributed by atoms with Crippen LogP contribution in [0.5, 0.6) is 0 Å². The summed E-state index contributed by atoms with van der Waals surface area (Å²) in [6.07, 6.45) is 1.12. The Balaban J connectivity index is 2.09. The van der Waals surface area contributed by atoms with Gasteiger partial charge in [0.1, 0.15) is 17.6 Å². The third kappa shape index (κ3) is 2.72. The topological polar surface area (TPSA) is 119 Å². The van der Waals surface area contributed by atoms with Crippen LogP contribution >= 0.6 is 0 Å². The second-order valence-corrected chi connectivity index (χ2v) is 5.50. The highest BCUT2D eigenvalue weighted by Crippen LogP contribution is 2.35. The lowest BCUT2D eigenvalue weighted by Gasteiger charge is -2.25. The number of nitrogens with two attached hydrogens (primary N) is 1. The van der Waals surface area contributed by atoms with Crippen LogP contribution in [0, 0.1) is 6.92 Å². The van der Waals surface area contributed by atoms with Gasteiger partial charge in [0.2, 0.25) is 11.9 Å². The maximum atomic E-state index is 11.9. The van der Waals surface area contributed by atoms with Gasteiger partial charge in [-0.15, -0.1) is 0 Å². The molecule has 1 aliphatic heterocycles. The largest absolute Gasteiger partial charge is 0.464 e. The van der Waals surface area contributed by atoms with E-state index in [9.17, 15) is 4.79 Å². The average molecular weight is 317 g/mol. The Bertz CT molecular complexity index is 774. The Morgan fingerprint density at radius 1 is 1.48 bits per heavy atom. The van der Waals surface area contributed by atoms with Gasteiger partial charge in [-0.1, -0.05) is 0 Å². The van der Waals surface area contributed by atoms with Gasteiger partial charge in [0.05, 0.1) is 5.57 Å². The molecule has 1 aliphatic rings. The van der Waals surface area contributed by atoms with Gasteiger partial charge in [-0.2, -0.15) is 10.1 Å². The van der Waals surface area contributed by atoms with E-state index in [-0.39, 0.29) is 6.61 Å². The zero-order valence-electron chi connectivity index (χ0n) is 13.0. The van der Waals surface area contributed by atoms with Crippen molar-refractivity contribution < 1.29 is 14.3 Å². The number of fused-ring (bicyclic) bond motifs is 1. The fourth-order valence-electron chi connectivity index (χ4n) is 2.72. The second-order valence-electron chi connectivity index (χ2n) is 5.50. The number of hydrogen-bond donors (Lipinski definition) is 3. The number of anilines is 1. The van der Waals surface area contributed by atoms with Crippen molar-refractivity contribution in [2.24, 2.45) is 5.73 Å².